The summed E-state index contributed by atoms with van der Waals surface area (Å²) in [5.41, 5.74) is 1.05. The van der Waals surface area contributed by atoms with Crippen molar-refractivity contribution in [1.29, 1.82) is 0 Å². The summed E-state index contributed by atoms with van der Waals surface area (Å²) < 4.78 is 0. The van der Waals surface area contributed by atoms with Gasteiger partial charge in [0.1, 0.15) is 0 Å². The molecule has 1 atom stereocenters. The molecule has 2 amide bonds. The zero-order valence-electron chi connectivity index (χ0n) is 16.7. The van der Waals surface area contributed by atoms with E-state index in [1.165, 1.54) is 0 Å². The lowest BCUT2D eigenvalue weighted by atomic mass is 9.73. The number of carbonyl (C=O) groups excluding carboxylic acids is 2. The molecule has 2 saturated heterocycles. The summed E-state index contributed by atoms with van der Waals surface area (Å²) in [5, 5.41) is 0. The second-order valence-corrected chi connectivity index (χ2v) is 8.36. The Morgan fingerprint density at radius 3 is 2.85 bits per heavy atom. The normalized spacial score (nSPS) is 23.3. The van der Waals surface area contributed by atoms with Crippen LogP contribution in [0, 0.1) is 5.41 Å². The highest BCUT2D eigenvalue weighted by Crippen LogP contribution is 2.39. The van der Waals surface area contributed by atoms with Crippen LogP contribution in [0.3, 0.4) is 0 Å². The third-order valence-corrected chi connectivity index (χ3v) is 5.90. The van der Waals surface area contributed by atoms with Gasteiger partial charge in [-0.2, -0.15) is 0 Å². The molecule has 1 spiro atoms. The Morgan fingerprint density at radius 1 is 1.26 bits per heavy atom. The van der Waals surface area contributed by atoms with Crippen molar-refractivity contribution in [2.24, 2.45) is 5.41 Å². The van der Waals surface area contributed by atoms with E-state index in [0.29, 0.717) is 19.3 Å². The van der Waals surface area contributed by atoms with Gasteiger partial charge in [0.2, 0.25) is 11.8 Å². The van der Waals surface area contributed by atoms with E-state index in [2.05, 4.69) is 9.88 Å². The predicted molar refractivity (Wildman–Crippen MR) is 105 cm³/mol. The van der Waals surface area contributed by atoms with Crippen LogP contribution in [0.25, 0.3) is 0 Å². The Hall–Kier alpha value is -1.95. The first kappa shape index (κ1) is 19.8. The predicted octanol–water partition coefficient (Wildman–Crippen LogP) is 1.81. The number of likely N-dealkylation sites (N-methyl/N-ethyl adjacent to an activating group) is 1. The summed E-state index contributed by atoms with van der Waals surface area (Å²) in [6.07, 6.45) is 6.65. The SMILES string of the molecule is CN(C)CCN1C[C@]2(CCCN(C(=O)CCc3ccccn3)C2)CCC1=O. The summed E-state index contributed by atoms with van der Waals surface area (Å²) in [5.74, 6) is 0.484. The number of hydrogen-bond donors (Lipinski definition) is 0. The Bertz CT molecular complexity index is 649. The maximum atomic E-state index is 12.8. The number of aromatic nitrogens is 1. The highest BCUT2D eigenvalue weighted by atomic mass is 16.2. The zero-order chi connectivity index (χ0) is 19.3. The number of carbonyl (C=O) groups is 2. The van der Waals surface area contributed by atoms with Crippen LogP contribution in [-0.2, 0) is 16.0 Å². The smallest absolute Gasteiger partial charge is 0.222 e. The molecule has 1 aromatic heterocycles. The number of aryl methyl sites for hydroxylation is 1. The van der Waals surface area contributed by atoms with E-state index in [9.17, 15) is 9.59 Å². The standard InChI is InChI=1S/C21H32N4O2/c1-23(2)14-15-25-17-21(11-9-20(25)27)10-5-13-24(16-21)19(26)8-7-18-6-3-4-12-22-18/h3-4,6,12H,5,7-11,13-17H2,1-2H3/t21-/m1/s1. The van der Waals surface area contributed by atoms with Gasteiger partial charge in [0.05, 0.1) is 0 Å². The monoisotopic (exact) mass is 372 g/mol. The molecular formula is C21H32N4O2. The van der Waals surface area contributed by atoms with E-state index >= 15 is 0 Å². The summed E-state index contributed by atoms with van der Waals surface area (Å²) in [6, 6.07) is 5.83. The Balaban J connectivity index is 1.57. The maximum Gasteiger partial charge on any atom is 0.222 e. The van der Waals surface area contributed by atoms with Crippen molar-refractivity contribution in [2.45, 2.75) is 38.5 Å². The second-order valence-electron chi connectivity index (χ2n) is 8.36. The topological polar surface area (TPSA) is 56.8 Å². The fourth-order valence-corrected chi connectivity index (χ4v) is 4.32. The van der Waals surface area contributed by atoms with E-state index in [0.717, 1.165) is 57.7 Å². The first-order valence-electron chi connectivity index (χ1n) is 10.1. The summed E-state index contributed by atoms with van der Waals surface area (Å²) in [7, 11) is 4.07. The van der Waals surface area contributed by atoms with Crippen molar-refractivity contribution in [1.82, 2.24) is 19.7 Å². The lowest BCUT2D eigenvalue weighted by Gasteiger charge is -2.48. The van der Waals surface area contributed by atoms with Crippen molar-refractivity contribution in [3.05, 3.63) is 30.1 Å². The number of piperidine rings is 2. The van der Waals surface area contributed by atoms with E-state index in [1.807, 2.05) is 42.1 Å². The maximum absolute atomic E-state index is 12.8. The van der Waals surface area contributed by atoms with Crippen molar-refractivity contribution >= 4 is 11.8 Å². The molecule has 2 fully saturated rings. The van der Waals surface area contributed by atoms with Crippen LogP contribution in [0.2, 0.25) is 0 Å². The molecule has 0 aromatic carbocycles. The summed E-state index contributed by atoms with van der Waals surface area (Å²) in [4.78, 5) is 35.6. The highest BCUT2D eigenvalue weighted by Gasteiger charge is 2.42. The molecule has 0 bridgehead atoms. The molecule has 1 aromatic rings. The highest BCUT2D eigenvalue weighted by molar-refractivity contribution is 5.78. The van der Waals surface area contributed by atoms with Crippen LogP contribution in [0.5, 0.6) is 0 Å². The number of nitrogens with zero attached hydrogens (tertiary/aromatic N) is 4. The van der Waals surface area contributed by atoms with Crippen molar-refractivity contribution in [2.75, 3.05) is 46.8 Å². The molecule has 3 rings (SSSR count). The molecule has 3 heterocycles. The molecule has 6 heteroatoms. The van der Waals surface area contributed by atoms with Gasteiger partial charge in [-0.1, -0.05) is 6.07 Å². The van der Waals surface area contributed by atoms with Gasteiger partial charge >= 0.3 is 0 Å². The number of hydrogen-bond acceptors (Lipinski definition) is 4. The molecule has 0 saturated carbocycles. The fourth-order valence-electron chi connectivity index (χ4n) is 4.32. The largest absolute Gasteiger partial charge is 0.342 e. The van der Waals surface area contributed by atoms with Gasteiger partial charge in [0.15, 0.2) is 0 Å². The molecule has 148 valence electrons. The number of rotatable bonds is 6. The molecule has 0 N–H and O–H groups in total. The molecular weight excluding hydrogens is 340 g/mol. The minimum atomic E-state index is 0.0825. The number of pyridine rings is 1. The third-order valence-electron chi connectivity index (χ3n) is 5.90. The van der Waals surface area contributed by atoms with Gasteiger partial charge in [0.25, 0.3) is 0 Å². The molecule has 2 aliphatic heterocycles. The van der Waals surface area contributed by atoms with Gasteiger partial charge in [-0.15, -0.1) is 0 Å². The Labute approximate surface area is 162 Å². The fraction of sp³-hybridized carbons (Fsp3) is 0.667. The molecule has 2 aliphatic rings. The van der Waals surface area contributed by atoms with Crippen LogP contribution >= 0.6 is 0 Å². The van der Waals surface area contributed by atoms with Crippen molar-refractivity contribution in [3.63, 3.8) is 0 Å². The van der Waals surface area contributed by atoms with Crippen LogP contribution in [0.15, 0.2) is 24.4 Å². The van der Waals surface area contributed by atoms with E-state index in [1.54, 1.807) is 6.20 Å². The Kier molecular flexibility index (Phi) is 6.47. The molecule has 0 aliphatic carbocycles. The first-order valence-corrected chi connectivity index (χ1v) is 10.1. The molecule has 6 nitrogen and oxygen atoms in total. The lowest BCUT2D eigenvalue weighted by molar-refractivity contribution is -0.143. The van der Waals surface area contributed by atoms with E-state index in [-0.39, 0.29) is 17.2 Å². The average Bonchev–Trinajstić information content (AvgIpc) is 2.68. The van der Waals surface area contributed by atoms with Crippen LogP contribution < -0.4 is 0 Å². The molecule has 0 unspecified atom stereocenters. The van der Waals surface area contributed by atoms with E-state index < -0.39 is 0 Å². The summed E-state index contributed by atoms with van der Waals surface area (Å²) >= 11 is 0. The van der Waals surface area contributed by atoms with Gasteiger partial charge < -0.3 is 14.7 Å². The van der Waals surface area contributed by atoms with Gasteiger partial charge in [-0.05, 0) is 51.9 Å². The zero-order valence-corrected chi connectivity index (χ0v) is 16.7. The molecule has 27 heavy (non-hydrogen) atoms. The number of likely N-dealkylation sites (tertiary alicyclic amines) is 2. The van der Waals surface area contributed by atoms with Crippen LogP contribution in [-0.4, -0.2) is 78.3 Å². The third kappa shape index (κ3) is 5.28. The van der Waals surface area contributed by atoms with Crippen LogP contribution in [0.4, 0.5) is 0 Å². The Morgan fingerprint density at radius 2 is 2.11 bits per heavy atom. The second kappa shape index (κ2) is 8.83. The quantitative estimate of drug-likeness (QED) is 0.764. The van der Waals surface area contributed by atoms with Gasteiger partial charge in [-0.3, -0.25) is 14.6 Å². The van der Waals surface area contributed by atoms with Crippen molar-refractivity contribution in [3.8, 4) is 0 Å². The van der Waals surface area contributed by atoms with E-state index in [4.69, 9.17) is 0 Å². The van der Waals surface area contributed by atoms with Crippen molar-refractivity contribution < 1.29 is 9.59 Å². The molecule has 0 radical (unpaired) electrons. The lowest BCUT2D eigenvalue weighted by Crippen LogP contribution is -2.55. The van der Waals surface area contributed by atoms with Gasteiger partial charge in [0, 0.05) is 62.9 Å². The average molecular weight is 373 g/mol. The summed E-state index contributed by atoms with van der Waals surface area (Å²) in [6.45, 7) is 4.09. The van der Waals surface area contributed by atoms with Gasteiger partial charge in [-0.25, -0.2) is 0 Å². The first-order chi connectivity index (χ1) is 13.0. The van der Waals surface area contributed by atoms with Crippen LogP contribution in [0.1, 0.15) is 37.8 Å². The minimum absolute atomic E-state index is 0.0825. The minimum Gasteiger partial charge on any atom is -0.342 e. The number of amides is 2.